The van der Waals surface area contributed by atoms with Gasteiger partial charge in [-0.15, -0.1) is 0 Å². The van der Waals surface area contributed by atoms with Crippen LogP contribution in [0, 0.1) is 0 Å². The molecule has 0 atom stereocenters. The molecule has 0 aliphatic heterocycles. The normalized spacial score (nSPS) is 10.9. The van der Waals surface area contributed by atoms with Gasteiger partial charge in [0.2, 0.25) is 0 Å². The van der Waals surface area contributed by atoms with Crippen molar-refractivity contribution in [2.24, 2.45) is 0 Å². The number of amides is 1. The fraction of sp³-hybridized carbons (Fsp3) is 0.417. The summed E-state index contributed by atoms with van der Waals surface area (Å²) in [7, 11) is 0. The SMILES string of the molecule is O=C(c1cccc(OC(F)F)c1)N(CCBr)CC(F)F. The van der Waals surface area contributed by atoms with Gasteiger partial charge in [0, 0.05) is 17.4 Å². The van der Waals surface area contributed by atoms with Crippen LogP contribution in [0.15, 0.2) is 24.3 Å². The van der Waals surface area contributed by atoms with E-state index in [9.17, 15) is 22.4 Å². The molecule has 20 heavy (non-hydrogen) atoms. The van der Waals surface area contributed by atoms with Crippen LogP contribution in [0.3, 0.4) is 0 Å². The lowest BCUT2D eigenvalue weighted by Gasteiger charge is -2.21. The maximum absolute atomic E-state index is 12.4. The van der Waals surface area contributed by atoms with Gasteiger partial charge in [-0.3, -0.25) is 4.79 Å². The second-order valence-electron chi connectivity index (χ2n) is 3.74. The molecule has 0 unspecified atom stereocenters. The molecule has 0 aliphatic rings. The van der Waals surface area contributed by atoms with Crippen molar-refractivity contribution in [1.29, 1.82) is 0 Å². The predicted octanol–water partition coefficient (Wildman–Crippen LogP) is 3.39. The van der Waals surface area contributed by atoms with Gasteiger partial charge in [-0.25, -0.2) is 8.78 Å². The van der Waals surface area contributed by atoms with Crippen molar-refractivity contribution in [1.82, 2.24) is 4.90 Å². The smallest absolute Gasteiger partial charge is 0.387 e. The van der Waals surface area contributed by atoms with Crippen molar-refractivity contribution < 1.29 is 27.1 Å². The first-order chi connectivity index (χ1) is 9.43. The zero-order chi connectivity index (χ0) is 15.1. The van der Waals surface area contributed by atoms with Crippen LogP contribution in [0.2, 0.25) is 0 Å². The average Bonchev–Trinajstić information content (AvgIpc) is 2.36. The second kappa shape index (κ2) is 8.08. The van der Waals surface area contributed by atoms with Crippen molar-refractivity contribution in [3.63, 3.8) is 0 Å². The molecular formula is C12H12BrF4NO2. The Hall–Kier alpha value is -1.31. The summed E-state index contributed by atoms with van der Waals surface area (Å²) in [4.78, 5) is 13.0. The average molecular weight is 358 g/mol. The lowest BCUT2D eigenvalue weighted by Crippen LogP contribution is -2.36. The Bertz CT molecular complexity index is 445. The van der Waals surface area contributed by atoms with Crippen LogP contribution in [-0.2, 0) is 0 Å². The van der Waals surface area contributed by atoms with Crippen LogP contribution in [-0.4, -0.2) is 42.3 Å². The topological polar surface area (TPSA) is 29.5 Å². The molecule has 1 rings (SSSR count). The summed E-state index contributed by atoms with van der Waals surface area (Å²) < 4.78 is 53.1. The number of hydrogen-bond donors (Lipinski definition) is 0. The largest absolute Gasteiger partial charge is 0.435 e. The van der Waals surface area contributed by atoms with E-state index in [4.69, 9.17) is 0 Å². The zero-order valence-corrected chi connectivity index (χ0v) is 11.8. The molecule has 0 fully saturated rings. The summed E-state index contributed by atoms with van der Waals surface area (Å²) in [5.74, 6) is -0.855. The number of ether oxygens (including phenoxy) is 1. The monoisotopic (exact) mass is 357 g/mol. The lowest BCUT2D eigenvalue weighted by atomic mass is 10.2. The molecule has 0 saturated carbocycles. The molecule has 0 saturated heterocycles. The first kappa shape index (κ1) is 16.7. The number of hydrogen-bond acceptors (Lipinski definition) is 2. The summed E-state index contributed by atoms with van der Waals surface area (Å²) in [5, 5.41) is 0.332. The summed E-state index contributed by atoms with van der Waals surface area (Å²) in [6, 6.07) is 5.05. The standard InChI is InChI=1S/C12H12BrF4NO2/c13-4-5-18(7-10(14)15)11(19)8-2-1-3-9(6-8)20-12(16)17/h1-3,6,10,12H,4-5,7H2. The summed E-state index contributed by atoms with van der Waals surface area (Å²) in [6.45, 7) is -3.65. The minimum absolute atomic E-state index is 0.0183. The van der Waals surface area contributed by atoms with E-state index in [0.717, 1.165) is 11.0 Å². The van der Waals surface area contributed by atoms with Gasteiger partial charge < -0.3 is 9.64 Å². The van der Waals surface area contributed by atoms with Crippen molar-refractivity contribution >= 4 is 21.8 Å². The van der Waals surface area contributed by atoms with E-state index in [1.165, 1.54) is 18.2 Å². The Morgan fingerprint density at radius 3 is 2.55 bits per heavy atom. The molecule has 112 valence electrons. The van der Waals surface area contributed by atoms with Gasteiger partial charge in [0.15, 0.2) is 0 Å². The Morgan fingerprint density at radius 1 is 1.30 bits per heavy atom. The predicted molar refractivity (Wildman–Crippen MR) is 68.8 cm³/mol. The van der Waals surface area contributed by atoms with Crippen molar-refractivity contribution in [3.05, 3.63) is 29.8 Å². The van der Waals surface area contributed by atoms with E-state index < -0.39 is 25.5 Å². The van der Waals surface area contributed by atoms with Crippen molar-refractivity contribution in [3.8, 4) is 5.75 Å². The fourth-order valence-electron chi connectivity index (χ4n) is 1.53. The fourth-order valence-corrected chi connectivity index (χ4v) is 1.96. The number of carbonyl (C=O) groups excluding carboxylic acids is 1. The number of carbonyl (C=O) groups is 1. The van der Waals surface area contributed by atoms with E-state index in [0.29, 0.717) is 5.33 Å². The minimum Gasteiger partial charge on any atom is -0.435 e. The van der Waals surface area contributed by atoms with E-state index >= 15 is 0 Å². The van der Waals surface area contributed by atoms with Gasteiger partial charge in [0.25, 0.3) is 12.3 Å². The molecule has 1 amide bonds. The Labute approximate surface area is 121 Å². The molecule has 8 heteroatoms. The number of alkyl halides is 5. The van der Waals surface area contributed by atoms with E-state index in [2.05, 4.69) is 20.7 Å². The molecule has 0 spiro atoms. The summed E-state index contributed by atoms with van der Waals surface area (Å²) in [6.07, 6.45) is -2.67. The molecule has 0 heterocycles. The number of benzene rings is 1. The third kappa shape index (κ3) is 5.36. The van der Waals surface area contributed by atoms with E-state index in [1.807, 2.05) is 0 Å². The Morgan fingerprint density at radius 2 is 2.00 bits per heavy atom. The quantitative estimate of drug-likeness (QED) is 0.553. The van der Waals surface area contributed by atoms with Gasteiger partial charge in [-0.05, 0) is 18.2 Å². The van der Waals surface area contributed by atoms with Gasteiger partial charge in [0.05, 0.1) is 6.54 Å². The van der Waals surface area contributed by atoms with Crippen LogP contribution in [0.1, 0.15) is 10.4 Å². The zero-order valence-electron chi connectivity index (χ0n) is 10.2. The minimum atomic E-state index is -3.01. The highest BCUT2D eigenvalue weighted by Gasteiger charge is 2.19. The first-order valence-corrected chi connectivity index (χ1v) is 6.74. The first-order valence-electron chi connectivity index (χ1n) is 5.62. The van der Waals surface area contributed by atoms with Gasteiger partial charge in [-0.1, -0.05) is 22.0 Å². The summed E-state index contributed by atoms with van der Waals surface area (Å²) >= 11 is 3.07. The van der Waals surface area contributed by atoms with Gasteiger partial charge in [0.1, 0.15) is 5.75 Å². The van der Waals surface area contributed by atoms with Crippen LogP contribution in [0.25, 0.3) is 0 Å². The van der Waals surface area contributed by atoms with Crippen LogP contribution in [0.4, 0.5) is 17.6 Å². The molecule has 0 bridgehead atoms. The number of rotatable bonds is 7. The highest BCUT2D eigenvalue weighted by atomic mass is 79.9. The van der Waals surface area contributed by atoms with Crippen molar-refractivity contribution in [2.45, 2.75) is 13.0 Å². The van der Waals surface area contributed by atoms with Crippen LogP contribution in [0.5, 0.6) is 5.75 Å². The highest BCUT2D eigenvalue weighted by Crippen LogP contribution is 2.17. The van der Waals surface area contributed by atoms with Gasteiger partial charge >= 0.3 is 6.61 Å². The maximum atomic E-state index is 12.4. The van der Waals surface area contributed by atoms with Gasteiger partial charge in [-0.2, -0.15) is 8.78 Å². The van der Waals surface area contributed by atoms with Crippen LogP contribution < -0.4 is 4.74 Å². The lowest BCUT2D eigenvalue weighted by molar-refractivity contribution is -0.0499. The molecule has 1 aromatic rings. The maximum Gasteiger partial charge on any atom is 0.387 e. The van der Waals surface area contributed by atoms with Crippen LogP contribution >= 0.6 is 15.9 Å². The summed E-state index contributed by atoms with van der Waals surface area (Å²) in [5.41, 5.74) is 0.0183. The second-order valence-corrected chi connectivity index (χ2v) is 4.53. The van der Waals surface area contributed by atoms with E-state index in [1.54, 1.807) is 0 Å². The highest BCUT2D eigenvalue weighted by molar-refractivity contribution is 9.09. The third-order valence-electron chi connectivity index (χ3n) is 2.31. The van der Waals surface area contributed by atoms with E-state index in [-0.39, 0.29) is 17.9 Å². The van der Waals surface area contributed by atoms with Crippen molar-refractivity contribution in [2.75, 3.05) is 18.4 Å². The molecule has 3 nitrogen and oxygen atoms in total. The third-order valence-corrected chi connectivity index (χ3v) is 2.66. The molecule has 0 aromatic heterocycles. The Kier molecular flexibility index (Phi) is 6.77. The molecule has 0 aliphatic carbocycles. The molecule has 1 aromatic carbocycles. The molecule has 0 radical (unpaired) electrons. The Balaban J connectivity index is 2.87. The molecule has 0 N–H and O–H groups in total. The number of halogens is 5. The number of nitrogens with zero attached hydrogens (tertiary/aromatic N) is 1. The molecular weight excluding hydrogens is 346 g/mol.